The number of hydrogen-bond donors (Lipinski definition) is 2. The lowest BCUT2D eigenvalue weighted by molar-refractivity contribution is -0.936. The molecule has 0 aliphatic carbocycles. The Balaban J connectivity index is 1.69. The number of nitrogens with zero attached hydrogens (tertiary/aromatic N) is 1. The van der Waals surface area contributed by atoms with Crippen molar-refractivity contribution < 1.29 is 28.9 Å². The molecular formula is C24H31BNO5+. The van der Waals surface area contributed by atoms with Crippen LogP contribution in [0.3, 0.4) is 0 Å². The molecule has 0 amide bonds. The van der Waals surface area contributed by atoms with Crippen LogP contribution in [-0.2, 0) is 13.0 Å². The van der Waals surface area contributed by atoms with Crippen molar-refractivity contribution in [3.63, 3.8) is 0 Å². The summed E-state index contributed by atoms with van der Waals surface area (Å²) in [5.41, 5.74) is 2.55. The van der Waals surface area contributed by atoms with Crippen molar-refractivity contribution in [2.24, 2.45) is 0 Å². The third-order valence-electron chi connectivity index (χ3n) is 6.70. The van der Waals surface area contributed by atoms with Crippen LogP contribution in [0.5, 0.6) is 5.75 Å². The number of rotatable bonds is 9. The topological polar surface area (TPSA) is 83.8 Å². The lowest BCUT2D eigenvalue weighted by Crippen LogP contribution is -2.46. The number of carboxylic acids is 1. The number of hydrogen-bond acceptors (Lipinski definition) is 4. The molecule has 6 nitrogen and oxygen atoms in total. The van der Waals surface area contributed by atoms with E-state index in [1.54, 1.807) is 12.1 Å². The Morgan fingerprint density at radius 1 is 1.06 bits per heavy atom. The maximum Gasteiger partial charge on any atom is 0.526 e. The highest BCUT2D eigenvalue weighted by Crippen LogP contribution is 2.36. The second kappa shape index (κ2) is 9.66. The summed E-state index contributed by atoms with van der Waals surface area (Å²) in [4.78, 5) is 24.2. The summed E-state index contributed by atoms with van der Waals surface area (Å²) in [5.74, 6) is -1.39. The zero-order valence-electron chi connectivity index (χ0n) is 18.5. The molecule has 2 aromatic carbocycles. The Labute approximate surface area is 184 Å². The molecular weight excluding hydrogens is 393 g/mol. The predicted octanol–water partition coefficient (Wildman–Crippen LogP) is 3.82. The van der Waals surface area contributed by atoms with Crippen LogP contribution in [0.4, 0.5) is 0 Å². The van der Waals surface area contributed by atoms with Crippen molar-refractivity contribution >= 4 is 18.9 Å². The number of carboxylic acid groups (broad SMARTS) is 1. The van der Waals surface area contributed by atoms with E-state index in [1.807, 2.05) is 24.3 Å². The number of benzene rings is 2. The van der Waals surface area contributed by atoms with Gasteiger partial charge in [0.1, 0.15) is 12.3 Å². The van der Waals surface area contributed by atoms with Crippen LogP contribution in [0.1, 0.15) is 59.0 Å². The molecule has 1 aliphatic rings. The standard InChI is InChI=1S/C24H30BNO5/c1-4-26(5-2,6-3)16-17-10-12-18(13-11-17)22(27)15-20-14-19-8-7-9-21(24(28)29)23(19)31-25(20)30/h7-13,20,30H,4-6,14-16H2,1-3H3/p+1/t20-/m1/s1. The number of aromatic carboxylic acids is 1. The van der Waals surface area contributed by atoms with Crippen LogP contribution < -0.4 is 4.65 Å². The second-order valence-electron chi connectivity index (χ2n) is 8.34. The first-order chi connectivity index (χ1) is 14.8. The highest BCUT2D eigenvalue weighted by molar-refractivity contribution is 6.47. The average molecular weight is 424 g/mol. The van der Waals surface area contributed by atoms with Crippen LogP contribution in [0.2, 0.25) is 5.82 Å². The molecule has 1 aliphatic heterocycles. The van der Waals surface area contributed by atoms with Gasteiger partial charge in [-0.05, 0) is 38.8 Å². The van der Waals surface area contributed by atoms with Gasteiger partial charge in [-0.1, -0.05) is 36.4 Å². The Hall–Kier alpha value is -2.64. The Morgan fingerprint density at radius 3 is 2.29 bits per heavy atom. The Kier molecular flexibility index (Phi) is 7.18. The molecule has 0 unspecified atom stereocenters. The van der Waals surface area contributed by atoms with E-state index >= 15 is 0 Å². The number of para-hydroxylation sites is 1. The van der Waals surface area contributed by atoms with Gasteiger partial charge in [-0.3, -0.25) is 4.79 Å². The number of carbonyl (C=O) groups is 2. The van der Waals surface area contributed by atoms with Crippen molar-refractivity contribution in [1.82, 2.24) is 0 Å². The molecule has 7 heteroatoms. The quantitative estimate of drug-likeness (QED) is 0.363. The van der Waals surface area contributed by atoms with Crippen molar-refractivity contribution in [3.8, 4) is 5.75 Å². The van der Waals surface area contributed by atoms with E-state index in [4.69, 9.17) is 4.65 Å². The number of carbonyl (C=O) groups excluding carboxylic acids is 1. The minimum absolute atomic E-state index is 0.0256. The number of fused-ring (bicyclic) bond motifs is 1. The first-order valence-electron chi connectivity index (χ1n) is 11.0. The number of Topliss-reactive ketones (excluding diaryl/α,β-unsaturated/α-hetero) is 1. The molecule has 164 valence electrons. The minimum atomic E-state index is -1.21. The largest absolute Gasteiger partial charge is 0.535 e. The number of quaternary nitrogens is 1. The first kappa shape index (κ1) is 23.0. The van der Waals surface area contributed by atoms with E-state index in [1.165, 1.54) is 11.6 Å². The molecule has 0 fully saturated rings. The molecule has 1 heterocycles. The smallest absolute Gasteiger partial charge is 0.526 e. The van der Waals surface area contributed by atoms with E-state index in [2.05, 4.69) is 20.8 Å². The normalized spacial score (nSPS) is 15.9. The van der Waals surface area contributed by atoms with Gasteiger partial charge >= 0.3 is 13.1 Å². The maximum atomic E-state index is 12.8. The van der Waals surface area contributed by atoms with Gasteiger partial charge in [-0.2, -0.15) is 0 Å². The fourth-order valence-electron chi connectivity index (χ4n) is 4.37. The highest BCUT2D eigenvalue weighted by Gasteiger charge is 2.37. The van der Waals surface area contributed by atoms with Crippen molar-refractivity contribution in [1.29, 1.82) is 0 Å². The predicted molar refractivity (Wildman–Crippen MR) is 120 cm³/mol. The Morgan fingerprint density at radius 2 is 1.71 bits per heavy atom. The zero-order chi connectivity index (χ0) is 22.6. The second-order valence-corrected chi connectivity index (χ2v) is 8.34. The highest BCUT2D eigenvalue weighted by atomic mass is 16.5. The molecule has 2 N–H and O–H groups in total. The fraction of sp³-hybridized carbons (Fsp3) is 0.417. The van der Waals surface area contributed by atoms with E-state index < -0.39 is 18.9 Å². The molecule has 3 rings (SSSR count). The molecule has 0 saturated carbocycles. The minimum Gasteiger partial charge on any atom is -0.535 e. The van der Waals surface area contributed by atoms with Crippen molar-refractivity contribution in [3.05, 3.63) is 64.7 Å². The lowest BCUT2D eigenvalue weighted by Gasteiger charge is -2.35. The lowest BCUT2D eigenvalue weighted by atomic mass is 9.64. The van der Waals surface area contributed by atoms with Gasteiger partial charge in [-0.15, -0.1) is 0 Å². The van der Waals surface area contributed by atoms with E-state index in [9.17, 15) is 19.7 Å². The van der Waals surface area contributed by atoms with Crippen LogP contribution in [0.25, 0.3) is 0 Å². The Bertz CT molecular complexity index is 931. The van der Waals surface area contributed by atoms with E-state index in [0.717, 1.165) is 30.7 Å². The fourth-order valence-corrected chi connectivity index (χ4v) is 4.37. The zero-order valence-corrected chi connectivity index (χ0v) is 18.5. The van der Waals surface area contributed by atoms with Gasteiger partial charge in [-0.25, -0.2) is 4.79 Å². The monoisotopic (exact) mass is 424 g/mol. The molecule has 0 aromatic heterocycles. The summed E-state index contributed by atoms with van der Waals surface area (Å²) in [6.07, 6.45) is 0.529. The summed E-state index contributed by atoms with van der Waals surface area (Å²) in [5, 5.41) is 19.7. The summed E-state index contributed by atoms with van der Waals surface area (Å²) in [6, 6.07) is 12.6. The van der Waals surface area contributed by atoms with Gasteiger partial charge < -0.3 is 19.3 Å². The SMILES string of the molecule is CC[N+](CC)(CC)Cc1ccc(C(=O)C[C@H]2Cc3cccc(C(=O)O)c3OB2O)cc1. The summed E-state index contributed by atoms with van der Waals surface area (Å²) >= 11 is 0. The van der Waals surface area contributed by atoms with Crippen molar-refractivity contribution in [2.75, 3.05) is 19.6 Å². The summed E-state index contributed by atoms with van der Waals surface area (Å²) in [6.45, 7) is 10.8. The molecule has 1 atom stereocenters. The summed E-state index contributed by atoms with van der Waals surface area (Å²) in [7, 11) is -1.21. The van der Waals surface area contributed by atoms with Crippen LogP contribution in [-0.4, -0.2) is 53.1 Å². The first-order valence-corrected chi connectivity index (χ1v) is 11.0. The van der Waals surface area contributed by atoms with Crippen molar-refractivity contribution in [2.45, 2.75) is 46.0 Å². The molecule has 0 spiro atoms. The number of ketones is 1. The van der Waals surface area contributed by atoms with Gasteiger partial charge in [0.25, 0.3) is 0 Å². The van der Waals surface area contributed by atoms with Gasteiger partial charge in [0.15, 0.2) is 5.78 Å². The maximum absolute atomic E-state index is 12.8. The summed E-state index contributed by atoms with van der Waals surface area (Å²) < 4.78 is 6.52. The molecule has 31 heavy (non-hydrogen) atoms. The third kappa shape index (κ3) is 5.00. The average Bonchev–Trinajstić information content (AvgIpc) is 2.78. The van der Waals surface area contributed by atoms with Gasteiger partial charge in [0, 0.05) is 23.4 Å². The van der Waals surface area contributed by atoms with E-state index in [0.29, 0.717) is 17.5 Å². The van der Waals surface area contributed by atoms with E-state index in [-0.39, 0.29) is 23.5 Å². The van der Waals surface area contributed by atoms with Gasteiger partial charge in [0.05, 0.1) is 25.2 Å². The van der Waals surface area contributed by atoms with Crippen LogP contribution >= 0.6 is 0 Å². The molecule has 2 aromatic rings. The van der Waals surface area contributed by atoms with Crippen LogP contribution in [0.15, 0.2) is 42.5 Å². The molecule has 0 radical (unpaired) electrons. The molecule has 0 saturated heterocycles. The van der Waals surface area contributed by atoms with Crippen LogP contribution in [0, 0.1) is 0 Å². The van der Waals surface area contributed by atoms with Gasteiger partial charge in [0.2, 0.25) is 0 Å². The third-order valence-corrected chi connectivity index (χ3v) is 6.70. The molecule has 0 bridgehead atoms.